The van der Waals surface area contributed by atoms with E-state index in [4.69, 9.17) is 4.74 Å². The van der Waals surface area contributed by atoms with Gasteiger partial charge in [0.05, 0.1) is 0 Å². The molecule has 0 aliphatic heterocycles. The van der Waals surface area contributed by atoms with Crippen LogP contribution in [0.25, 0.3) is 0 Å². The van der Waals surface area contributed by atoms with Crippen molar-refractivity contribution in [2.45, 2.75) is 45.6 Å². The van der Waals surface area contributed by atoms with Crippen molar-refractivity contribution in [2.75, 3.05) is 5.32 Å². The number of hydrogen-bond donors (Lipinski definition) is 2. The van der Waals surface area contributed by atoms with E-state index in [9.17, 15) is 9.90 Å². The minimum absolute atomic E-state index is 0.317. The third kappa shape index (κ3) is 2.75. The summed E-state index contributed by atoms with van der Waals surface area (Å²) in [4.78, 5) is 11.7. The van der Waals surface area contributed by atoms with Crippen LogP contribution in [0.5, 0.6) is 5.75 Å². The maximum Gasteiger partial charge on any atom is 0.412 e. The Morgan fingerprint density at radius 3 is 2.61 bits per heavy atom. The number of carbonyl (C=O) groups excluding carboxylic acids is 1. The van der Waals surface area contributed by atoms with E-state index in [0.29, 0.717) is 5.75 Å². The summed E-state index contributed by atoms with van der Waals surface area (Å²) in [6, 6.07) is 3.35. The molecule has 4 heteroatoms. The lowest BCUT2D eigenvalue weighted by molar-refractivity contribution is 0.0636. The number of hydrogen-bond acceptors (Lipinski definition) is 3. The summed E-state index contributed by atoms with van der Waals surface area (Å²) in [5, 5.41) is 12.5. The van der Waals surface area contributed by atoms with Gasteiger partial charge in [0.25, 0.3) is 0 Å². The Morgan fingerprint density at radius 1 is 1.28 bits per heavy atom. The third-order valence-electron chi connectivity index (χ3n) is 2.90. The molecular formula is C14H19NO3. The summed E-state index contributed by atoms with van der Waals surface area (Å²) in [5.41, 5.74) is 2.21. The van der Waals surface area contributed by atoms with E-state index in [-0.39, 0.29) is 0 Å². The molecule has 4 nitrogen and oxygen atoms in total. The van der Waals surface area contributed by atoms with Crippen LogP contribution in [-0.2, 0) is 17.6 Å². The topological polar surface area (TPSA) is 58.6 Å². The van der Waals surface area contributed by atoms with Gasteiger partial charge < -0.3 is 9.84 Å². The number of anilines is 1. The average molecular weight is 249 g/mol. The van der Waals surface area contributed by atoms with Crippen LogP contribution in [0.15, 0.2) is 12.1 Å². The first-order valence-corrected chi connectivity index (χ1v) is 6.20. The Bertz CT molecular complexity index is 475. The Labute approximate surface area is 107 Å². The molecule has 0 saturated heterocycles. The number of amides is 1. The molecule has 0 aromatic heterocycles. The number of phenolic OH excluding ortho intramolecular Hbond substituents is 1. The van der Waals surface area contributed by atoms with Crippen molar-refractivity contribution in [2.24, 2.45) is 0 Å². The average Bonchev–Trinajstić information content (AvgIpc) is 2.69. The van der Waals surface area contributed by atoms with E-state index in [1.165, 1.54) is 0 Å². The van der Waals surface area contributed by atoms with Crippen molar-refractivity contribution in [1.29, 1.82) is 0 Å². The van der Waals surface area contributed by atoms with E-state index in [2.05, 4.69) is 5.32 Å². The predicted octanol–water partition coefficient (Wildman–Crippen LogP) is 3.23. The number of benzene rings is 1. The number of rotatable bonds is 1. The maximum atomic E-state index is 11.7. The molecule has 2 N–H and O–H groups in total. The molecule has 2 rings (SSSR count). The van der Waals surface area contributed by atoms with Gasteiger partial charge in [-0.25, -0.2) is 4.79 Å². The molecule has 0 spiro atoms. The zero-order valence-electron chi connectivity index (χ0n) is 11.0. The molecular weight excluding hydrogens is 230 g/mol. The zero-order valence-corrected chi connectivity index (χ0v) is 11.0. The number of aromatic hydroxyl groups is 1. The fraction of sp³-hybridized carbons (Fsp3) is 0.500. The van der Waals surface area contributed by atoms with Gasteiger partial charge in [-0.05, 0) is 63.3 Å². The smallest absolute Gasteiger partial charge is 0.412 e. The van der Waals surface area contributed by atoms with Gasteiger partial charge in [0, 0.05) is 5.69 Å². The van der Waals surface area contributed by atoms with Crippen LogP contribution in [0.2, 0.25) is 0 Å². The Hall–Kier alpha value is -1.71. The highest BCUT2D eigenvalue weighted by molar-refractivity contribution is 5.86. The summed E-state index contributed by atoms with van der Waals surface area (Å²) >= 11 is 0. The summed E-state index contributed by atoms with van der Waals surface area (Å²) in [7, 11) is 0. The van der Waals surface area contributed by atoms with Gasteiger partial charge in [0.1, 0.15) is 11.4 Å². The first kappa shape index (κ1) is 12.7. The highest BCUT2D eigenvalue weighted by atomic mass is 16.6. The van der Waals surface area contributed by atoms with Crippen LogP contribution in [0.3, 0.4) is 0 Å². The quantitative estimate of drug-likeness (QED) is 0.751. The molecule has 1 amide bonds. The second-order valence-electron chi connectivity index (χ2n) is 5.57. The van der Waals surface area contributed by atoms with Gasteiger partial charge in [0.2, 0.25) is 0 Å². The predicted molar refractivity (Wildman–Crippen MR) is 70.0 cm³/mol. The Kier molecular flexibility index (Phi) is 3.20. The third-order valence-corrected chi connectivity index (χ3v) is 2.90. The zero-order chi connectivity index (χ0) is 13.3. The van der Waals surface area contributed by atoms with Crippen LogP contribution >= 0.6 is 0 Å². The lowest BCUT2D eigenvalue weighted by atomic mass is 10.1. The molecule has 0 saturated carbocycles. The number of nitrogens with one attached hydrogen (secondary N) is 1. The van der Waals surface area contributed by atoms with Gasteiger partial charge in [0.15, 0.2) is 0 Å². The van der Waals surface area contributed by atoms with Crippen LogP contribution in [0, 0.1) is 0 Å². The van der Waals surface area contributed by atoms with Gasteiger partial charge >= 0.3 is 6.09 Å². The Morgan fingerprint density at radius 2 is 1.94 bits per heavy atom. The van der Waals surface area contributed by atoms with Crippen molar-refractivity contribution in [3.63, 3.8) is 0 Å². The summed E-state index contributed by atoms with van der Waals surface area (Å²) in [6.45, 7) is 5.48. The molecule has 0 fully saturated rings. The van der Waals surface area contributed by atoms with Gasteiger partial charge in [-0.2, -0.15) is 0 Å². The largest absolute Gasteiger partial charge is 0.508 e. The highest BCUT2D eigenvalue weighted by Crippen LogP contribution is 2.35. The molecule has 0 unspecified atom stereocenters. The number of fused-ring (bicyclic) bond motifs is 1. The lowest BCUT2D eigenvalue weighted by Crippen LogP contribution is -2.27. The molecule has 0 bridgehead atoms. The molecule has 1 aliphatic rings. The first-order valence-electron chi connectivity index (χ1n) is 6.20. The van der Waals surface area contributed by atoms with Crippen molar-refractivity contribution in [1.82, 2.24) is 0 Å². The second-order valence-corrected chi connectivity index (χ2v) is 5.57. The first-order chi connectivity index (χ1) is 8.37. The molecule has 18 heavy (non-hydrogen) atoms. The van der Waals surface area contributed by atoms with Gasteiger partial charge in [-0.3, -0.25) is 5.32 Å². The standard InChI is InChI=1S/C14H19NO3/c1-14(2,3)18-13(17)15-11-7-8-12(16)10-6-4-5-9(10)11/h7-8,16H,4-6H2,1-3H3,(H,15,17). The summed E-state index contributed by atoms with van der Waals surface area (Å²) in [5.74, 6) is 0.317. The van der Waals surface area contributed by atoms with E-state index >= 15 is 0 Å². The van der Waals surface area contributed by atoms with Crippen LogP contribution in [0.4, 0.5) is 10.5 Å². The Balaban J connectivity index is 2.16. The van der Waals surface area contributed by atoms with E-state index in [1.54, 1.807) is 12.1 Å². The fourth-order valence-electron chi connectivity index (χ4n) is 2.22. The van der Waals surface area contributed by atoms with E-state index in [0.717, 1.165) is 36.1 Å². The summed E-state index contributed by atoms with van der Waals surface area (Å²) in [6.07, 6.45) is 2.30. The van der Waals surface area contributed by atoms with Gasteiger partial charge in [-0.1, -0.05) is 0 Å². The molecule has 0 radical (unpaired) electrons. The SMILES string of the molecule is CC(C)(C)OC(=O)Nc1ccc(O)c2c1CCC2. The lowest BCUT2D eigenvalue weighted by Gasteiger charge is -2.20. The van der Waals surface area contributed by atoms with Crippen molar-refractivity contribution in [3.8, 4) is 5.75 Å². The van der Waals surface area contributed by atoms with Crippen LogP contribution in [-0.4, -0.2) is 16.8 Å². The van der Waals surface area contributed by atoms with Crippen LogP contribution < -0.4 is 5.32 Å². The molecule has 1 aromatic rings. The molecule has 1 aromatic carbocycles. The van der Waals surface area contributed by atoms with Gasteiger partial charge in [-0.15, -0.1) is 0 Å². The van der Waals surface area contributed by atoms with Crippen molar-refractivity contribution < 1.29 is 14.6 Å². The van der Waals surface area contributed by atoms with E-state index in [1.807, 2.05) is 20.8 Å². The molecule has 1 aliphatic carbocycles. The van der Waals surface area contributed by atoms with E-state index < -0.39 is 11.7 Å². The fourth-order valence-corrected chi connectivity index (χ4v) is 2.22. The molecule has 0 atom stereocenters. The van der Waals surface area contributed by atoms with Crippen molar-refractivity contribution in [3.05, 3.63) is 23.3 Å². The monoisotopic (exact) mass is 249 g/mol. The number of carbonyl (C=O) groups is 1. The normalized spacial score (nSPS) is 14.2. The number of ether oxygens (including phenoxy) is 1. The van der Waals surface area contributed by atoms with Crippen molar-refractivity contribution >= 4 is 11.8 Å². The molecule has 98 valence electrons. The number of phenols is 1. The minimum atomic E-state index is -0.510. The highest BCUT2D eigenvalue weighted by Gasteiger charge is 2.21. The summed E-state index contributed by atoms with van der Waals surface area (Å²) < 4.78 is 5.22. The maximum absolute atomic E-state index is 11.7. The van der Waals surface area contributed by atoms with Crippen LogP contribution in [0.1, 0.15) is 38.3 Å². The molecule has 0 heterocycles. The second kappa shape index (κ2) is 4.52. The minimum Gasteiger partial charge on any atom is -0.508 e.